The van der Waals surface area contributed by atoms with Gasteiger partial charge in [-0.05, 0) is 6.42 Å². The van der Waals surface area contributed by atoms with Crippen molar-refractivity contribution < 1.29 is 0 Å². The summed E-state index contributed by atoms with van der Waals surface area (Å²) in [7, 11) is 2.12. The van der Waals surface area contributed by atoms with Gasteiger partial charge in [0.1, 0.15) is 0 Å². The quantitative estimate of drug-likeness (QED) is 0.470. The Morgan fingerprint density at radius 1 is 1.30 bits per heavy atom. The van der Waals surface area contributed by atoms with Crippen LogP contribution in [0.25, 0.3) is 0 Å². The normalized spacial score (nSPS) is 24.7. The van der Waals surface area contributed by atoms with Crippen molar-refractivity contribution in [2.45, 2.75) is 6.42 Å². The number of aliphatic imine (C=N–C) groups is 1. The van der Waals surface area contributed by atoms with Gasteiger partial charge in [0, 0.05) is 33.2 Å². The molecule has 0 atom stereocenters. The third-order valence-corrected chi connectivity index (χ3v) is 2.17. The Bertz CT molecular complexity index is 164. The van der Waals surface area contributed by atoms with Gasteiger partial charge in [-0.25, -0.2) is 0 Å². The van der Waals surface area contributed by atoms with Crippen LogP contribution in [-0.4, -0.2) is 49.0 Å². The summed E-state index contributed by atoms with van der Waals surface area (Å²) in [6, 6.07) is 0. The van der Waals surface area contributed by atoms with Crippen molar-refractivity contribution >= 4 is 5.96 Å². The van der Waals surface area contributed by atoms with E-state index in [1.54, 1.807) is 0 Å². The highest BCUT2D eigenvalue weighted by atomic mass is 15.4. The topological polar surface area (TPSA) is 18.8 Å². The van der Waals surface area contributed by atoms with E-state index < -0.39 is 0 Å². The van der Waals surface area contributed by atoms with E-state index in [0.29, 0.717) is 0 Å². The molecule has 10 heavy (non-hydrogen) atoms. The maximum absolute atomic E-state index is 4.44. The summed E-state index contributed by atoms with van der Waals surface area (Å²) >= 11 is 0. The molecule has 0 aromatic carbocycles. The van der Waals surface area contributed by atoms with Gasteiger partial charge in [-0.2, -0.15) is 0 Å². The molecule has 2 aliphatic rings. The van der Waals surface area contributed by atoms with E-state index in [0.717, 1.165) is 13.1 Å². The van der Waals surface area contributed by atoms with Gasteiger partial charge in [0.2, 0.25) is 0 Å². The first kappa shape index (κ1) is 6.01. The zero-order chi connectivity index (χ0) is 6.97. The summed E-state index contributed by atoms with van der Waals surface area (Å²) in [6.45, 7) is 4.56. The Kier molecular flexibility index (Phi) is 1.29. The van der Waals surface area contributed by atoms with Gasteiger partial charge in [-0.1, -0.05) is 0 Å². The first-order valence-electron chi connectivity index (χ1n) is 3.88. The van der Waals surface area contributed by atoms with Crippen molar-refractivity contribution in [3.05, 3.63) is 0 Å². The molecule has 0 amide bonds. The Morgan fingerprint density at radius 2 is 2.20 bits per heavy atom. The average molecular weight is 139 g/mol. The maximum Gasteiger partial charge on any atom is 0.196 e. The van der Waals surface area contributed by atoms with Crippen molar-refractivity contribution in [1.29, 1.82) is 0 Å². The number of guanidine groups is 1. The lowest BCUT2D eigenvalue weighted by molar-refractivity contribution is 0.432. The number of fused-ring (bicyclic) bond motifs is 1. The number of hydrogen-bond acceptors (Lipinski definition) is 3. The molecule has 0 radical (unpaired) electrons. The fraction of sp³-hybridized carbons (Fsp3) is 0.857. The molecule has 2 rings (SSSR count). The molecule has 3 heteroatoms. The first-order chi connectivity index (χ1) is 4.88. The van der Waals surface area contributed by atoms with Crippen LogP contribution in [0.1, 0.15) is 6.42 Å². The van der Waals surface area contributed by atoms with Crippen LogP contribution in [-0.2, 0) is 0 Å². The zero-order valence-electron chi connectivity index (χ0n) is 6.38. The van der Waals surface area contributed by atoms with Gasteiger partial charge >= 0.3 is 0 Å². The zero-order valence-corrected chi connectivity index (χ0v) is 6.38. The molecule has 1 saturated heterocycles. The molecule has 0 unspecified atom stereocenters. The van der Waals surface area contributed by atoms with Crippen LogP contribution in [0.15, 0.2) is 4.99 Å². The molecule has 1 fully saturated rings. The van der Waals surface area contributed by atoms with Crippen molar-refractivity contribution in [3.8, 4) is 0 Å². The molecule has 3 nitrogen and oxygen atoms in total. The van der Waals surface area contributed by atoms with E-state index in [2.05, 4.69) is 21.8 Å². The van der Waals surface area contributed by atoms with Gasteiger partial charge in [0.25, 0.3) is 0 Å². The van der Waals surface area contributed by atoms with Crippen LogP contribution in [0.3, 0.4) is 0 Å². The largest absolute Gasteiger partial charge is 0.344 e. The molecule has 0 aromatic heterocycles. The molecule has 0 N–H and O–H groups in total. The van der Waals surface area contributed by atoms with Gasteiger partial charge in [-0.15, -0.1) is 0 Å². The van der Waals surface area contributed by atoms with E-state index >= 15 is 0 Å². The van der Waals surface area contributed by atoms with Crippen molar-refractivity contribution in [2.75, 3.05) is 33.2 Å². The number of rotatable bonds is 0. The van der Waals surface area contributed by atoms with Crippen molar-refractivity contribution in [2.24, 2.45) is 4.99 Å². The van der Waals surface area contributed by atoms with E-state index in [1.165, 1.54) is 25.5 Å². The summed E-state index contributed by atoms with van der Waals surface area (Å²) in [5, 5.41) is 0. The predicted molar refractivity (Wildman–Crippen MR) is 41.1 cm³/mol. The molecule has 0 saturated carbocycles. The summed E-state index contributed by atoms with van der Waals surface area (Å²) in [6.07, 6.45) is 1.23. The van der Waals surface area contributed by atoms with Crippen LogP contribution in [0, 0.1) is 0 Å². The molecular formula is C7H13N3. The summed E-state index contributed by atoms with van der Waals surface area (Å²) in [5.74, 6) is 1.21. The fourth-order valence-electron chi connectivity index (χ4n) is 1.59. The van der Waals surface area contributed by atoms with Crippen LogP contribution in [0.4, 0.5) is 0 Å². The van der Waals surface area contributed by atoms with Gasteiger partial charge in [-0.3, -0.25) is 4.99 Å². The van der Waals surface area contributed by atoms with Crippen LogP contribution < -0.4 is 0 Å². The lowest BCUT2D eigenvalue weighted by Gasteiger charge is -2.23. The summed E-state index contributed by atoms with van der Waals surface area (Å²) < 4.78 is 0. The van der Waals surface area contributed by atoms with Gasteiger partial charge in [0.05, 0.1) is 0 Å². The molecule has 0 aliphatic carbocycles. The standard InChI is InChI=1S/C7H13N3/c1-9-5-6-10-4-2-3-8-7(9)10/h2-6H2,1H3. The molecule has 2 heterocycles. The monoisotopic (exact) mass is 139 g/mol. The van der Waals surface area contributed by atoms with E-state index in [4.69, 9.17) is 0 Å². The SMILES string of the molecule is CN1CCN2CCCN=C12. The lowest BCUT2D eigenvalue weighted by Crippen LogP contribution is -2.35. The highest BCUT2D eigenvalue weighted by Gasteiger charge is 2.24. The fourth-order valence-corrected chi connectivity index (χ4v) is 1.59. The van der Waals surface area contributed by atoms with Gasteiger partial charge in [0.15, 0.2) is 5.96 Å². The van der Waals surface area contributed by atoms with Crippen LogP contribution in [0.5, 0.6) is 0 Å². The molecule has 0 aromatic rings. The molecular weight excluding hydrogens is 126 g/mol. The predicted octanol–water partition coefficient (Wildman–Crippen LogP) is -0.00650. The number of nitrogens with zero attached hydrogens (tertiary/aromatic N) is 3. The maximum atomic E-state index is 4.44. The third kappa shape index (κ3) is 0.770. The Balaban J connectivity index is 2.19. The number of likely N-dealkylation sites (N-methyl/N-ethyl adjacent to an activating group) is 1. The van der Waals surface area contributed by atoms with Crippen LogP contribution in [0.2, 0.25) is 0 Å². The Morgan fingerprint density at radius 3 is 3.00 bits per heavy atom. The van der Waals surface area contributed by atoms with Crippen molar-refractivity contribution in [1.82, 2.24) is 9.80 Å². The van der Waals surface area contributed by atoms with E-state index in [9.17, 15) is 0 Å². The summed E-state index contributed by atoms with van der Waals surface area (Å²) in [5.41, 5.74) is 0. The summed E-state index contributed by atoms with van der Waals surface area (Å²) in [4.78, 5) is 9.04. The smallest absolute Gasteiger partial charge is 0.196 e. The number of hydrogen-bond donors (Lipinski definition) is 0. The van der Waals surface area contributed by atoms with Crippen molar-refractivity contribution in [3.63, 3.8) is 0 Å². The van der Waals surface area contributed by atoms with E-state index in [1.807, 2.05) is 0 Å². The lowest BCUT2D eigenvalue weighted by atomic mass is 10.3. The molecule has 0 spiro atoms. The van der Waals surface area contributed by atoms with Crippen LogP contribution >= 0.6 is 0 Å². The Hall–Kier alpha value is -0.730. The second-order valence-corrected chi connectivity index (χ2v) is 2.94. The minimum absolute atomic E-state index is 1.02. The second kappa shape index (κ2) is 2.15. The third-order valence-electron chi connectivity index (χ3n) is 2.17. The minimum Gasteiger partial charge on any atom is -0.344 e. The van der Waals surface area contributed by atoms with Gasteiger partial charge < -0.3 is 9.80 Å². The average Bonchev–Trinajstić information content (AvgIpc) is 2.34. The Labute approximate surface area is 61.3 Å². The molecule has 56 valence electrons. The highest BCUT2D eigenvalue weighted by molar-refractivity contribution is 5.82. The highest BCUT2D eigenvalue weighted by Crippen LogP contribution is 2.10. The van der Waals surface area contributed by atoms with E-state index in [-0.39, 0.29) is 0 Å². The molecule has 2 aliphatic heterocycles. The first-order valence-corrected chi connectivity index (χ1v) is 3.88. The second-order valence-electron chi connectivity index (χ2n) is 2.94. The minimum atomic E-state index is 1.02. The molecule has 0 bridgehead atoms.